The maximum Gasteiger partial charge on any atom is 0.253 e. The van der Waals surface area contributed by atoms with Crippen molar-refractivity contribution in [2.45, 2.75) is 13.1 Å². The van der Waals surface area contributed by atoms with Crippen molar-refractivity contribution >= 4 is 33.4 Å². The van der Waals surface area contributed by atoms with Gasteiger partial charge in [-0.25, -0.2) is 0 Å². The quantitative estimate of drug-likeness (QED) is 0.633. The molecule has 1 aromatic carbocycles. The van der Waals surface area contributed by atoms with Crippen molar-refractivity contribution in [2.24, 2.45) is 7.05 Å². The Kier molecular flexibility index (Phi) is 5.24. The summed E-state index contributed by atoms with van der Waals surface area (Å²) in [4.78, 5) is 14.4. The zero-order valence-electron chi connectivity index (χ0n) is 13.9. The van der Waals surface area contributed by atoms with Crippen LogP contribution in [0.15, 0.2) is 47.3 Å². The summed E-state index contributed by atoms with van der Waals surface area (Å²) >= 11 is 9.50. The Morgan fingerprint density at radius 1 is 1.32 bits per heavy atom. The van der Waals surface area contributed by atoms with Gasteiger partial charge in [0.25, 0.3) is 5.91 Å². The first-order valence-corrected chi connectivity index (χ1v) is 8.80. The molecule has 3 rings (SSSR count). The first-order chi connectivity index (χ1) is 11.9. The number of aryl methyl sites for hydroxylation is 1. The van der Waals surface area contributed by atoms with Crippen molar-refractivity contribution in [2.75, 3.05) is 7.05 Å². The number of carbonyl (C=O) groups excluding carboxylic acids is 1. The number of aromatic nitrogens is 4. The minimum atomic E-state index is -0.0687. The van der Waals surface area contributed by atoms with Crippen LogP contribution in [0.3, 0.4) is 0 Å². The number of amides is 1. The predicted octanol–water partition coefficient (Wildman–Crippen LogP) is 3.35. The fraction of sp³-hybridized carbons (Fsp3) is 0.235. The van der Waals surface area contributed by atoms with Crippen LogP contribution >= 0.6 is 27.5 Å². The number of hydrogen-bond donors (Lipinski definition) is 0. The Morgan fingerprint density at radius 2 is 2.12 bits per heavy atom. The van der Waals surface area contributed by atoms with Crippen molar-refractivity contribution in [3.05, 3.63) is 69.2 Å². The molecule has 0 aliphatic heterocycles. The molecule has 1 amide bonds. The minimum Gasteiger partial charge on any atom is -0.336 e. The molecule has 8 heteroatoms. The Hall–Kier alpha value is -2.12. The second-order valence-corrected chi connectivity index (χ2v) is 7.10. The molecule has 0 unspecified atom stereocenters. The zero-order valence-corrected chi connectivity index (χ0v) is 16.2. The molecular weight excluding hydrogens is 406 g/mol. The Balaban J connectivity index is 1.74. The van der Waals surface area contributed by atoms with Gasteiger partial charge >= 0.3 is 0 Å². The molecule has 3 aromatic rings. The van der Waals surface area contributed by atoms with Crippen molar-refractivity contribution < 1.29 is 4.79 Å². The maximum atomic E-state index is 12.7. The number of benzene rings is 1. The van der Waals surface area contributed by atoms with Crippen LogP contribution in [0.5, 0.6) is 0 Å². The zero-order chi connectivity index (χ0) is 18.0. The fourth-order valence-corrected chi connectivity index (χ4v) is 3.10. The molecule has 0 saturated carbocycles. The van der Waals surface area contributed by atoms with E-state index < -0.39 is 0 Å². The van der Waals surface area contributed by atoms with Crippen LogP contribution in [0.1, 0.15) is 21.6 Å². The third-order valence-corrected chi connectivity index (χ3v) is 4.59. The van der Waals surface area contributed by atoms with Gasteiger partial charge in [-0.05, 0) is 33.6 Å². The van der Waals surface area contributed by atoms with Gasteiger partial charge in [-0.2, -0.15) is 10.2 Å². The molecule has 0 N–H and O–H groups in total. The lowest BCUT2D eigenvalue weighted by atomic mass is 10.1. The third kappa shape index (κ3) is 4.11. The smallest absolute Gasteiger partial charge is 0.253 e. The second kappa shape index (κ2) is 7.41. The van der Waals surface area contributed by atoms with Crippen molar-refractivity contribution in [3.63, 3.8) is 0 Å². The van der Waals surface area contributed by atoms with Crippen LogP contribution in [-0.4, -0.2) is 37.4 Å². The molecule has 0 aliphatic rings. The van der Waals surface area contributed by atoms with E-state index in [1.54, 1.807) is 29.0 Å². The van der Waals surface area contributed by atoms with Crippen LogP contribution in [0.25, 0.3) is 0 Å². The first-order valence-electron chi connectivity index (χ1n) is 7.63. The maximum absolute atomic E-state index is 12.7. The summed E-state index contributed by atoms with van der Waals surface area (Å²) in [5, 5.41) is 8.89. The number of rotatable bonds is 5. The highest BCUT2D eigenvalue weighted by atomic mass is 79.9. The lowest BCUT2D eigenvalue weighted by Crippen LogP contribution is -2.27. The van der Waals surface area contributed by atoms with Gasteiger partial charge in [0.15, 0.2) is 0 Å². The number of nitrogens with zero attached hydrogens (tertiary/aromatic N) is 5. The summed E-state index contributed by atoms with van der Waals surface area (Å²) in [5.41, 5.74) is 2.44. The van der Waals surface area contributed by atoms with Crippen molar-refractivity contribution in [1.29, 1.82) is 0 Å². The Morgan fingerprint density at radius 3 is 2.76 bits per heavy atom. The molecule has 130 valence electrons. The lowest BCUT2D eigenvalue weighted by Gasteiger charge is -2.18. The van der Waals surface area contributed by atoms with E-state index in [1.807, 2.05) is 42.2 Å². The van der Waals surface area contributed by atoms with Crippen LogP contribution in [0.4, 0.5) is 0 Å². The molecule has 2 aromatic heterocycles. The monoisotopic (exact) mass is 421 g/mol. The summed E-state index contributed by atoms with van der Waals surface area (Å²) in [5.74, 6) is -0.0687. The molecule has 0 bridgehead atoms. The SMILES string of the molecule is CN(Cc1c(Cl)cnn1C)C(=O)c1cccc(Cn2cc(Br)cn2)c1. The van der Waals surface area contributed by atoms with Gasteiger partial charge in [-0.3, -0.25) is 14.2 Å². The first kappa shape index (κ1) is 17.7. The summed E-state index contributed by atoms with van der Waals surface area (Å²) in [6.45, 7) is 0.995. The molecule has 2 heterocycles. The van der Waals surface area contributed by atoms with E-state index in [1.165, 1.54) is 0 Å². The van der Waals surface area contributed by atoms with Gasteiger partial charge in [0.05, 0.1) is 40.7 Å². The summed E-state index contributed by atoms with van der Waals surface area (Å²) < 4.78 is 4.41. The molecule has 0 aliphatic carbocycles. The van der Waals surface area contributed by atoms with E-state index in [-0.39, 0.29) is 5.91 Å². The molecule has 0 saturated heterocycles. The van der Waals surface area contributed by atoms with E-state index in [4.69, 9.17) is 11.6 Å². The van der Waals surface area contributed by atoms with E-state index in [9.17, 15) is 4.79 Å². The average molecular weight is 423 g/mol. The lowest BCUT2D eigenvalue weighted by molar-refractivity contribution is 0.0782. The summed E-state index contributed by atoms with van der Waals surface area (Å²) in [7, 11) is 3.56. The van der Waals surface area contributed by atoms with Crippen molar-refractivity contribution in [1.82, 2.24) is 24.5 Å². The van der Waals surface area contributed by atoms with Gasteiger partial charge in [0.2, 0.25) is 0 Å². The Bertz CT molecular complexity index is 885. The van der Waals surface area contributed by atoms with Crippen LogP contribution in [0, 0.1) is 0 Å². The Labute approximate surface area is 159 Å². The molecular formula is C17H17BrClN5O. The highest BCUT2D eigenvalue weighted by molar-refractivity contribution is 9.10. The van der Waals surface area contributed by atoms with E-state index in [0.29, 0.717) is 23.7 Å². The van der Waals surface area contributed by atoms with Gasteiger partial charge < -0.3 is 4.90 Å². The predicted molar refractivity (Wildman–Crippen MR) is 99.5 cm³/mol. The van der Waals surface area contributed by atoms with Crippen molar-refractivity contribution in [3.8, 4) is 0 Å². The van der Waals surface area contributed by atoms with Gasteiger partial charge in [0.1, 0.15) is 0 Å². The van der Waals surface area contributed by atoms with Gasteiger partial charge in [0, 0.05) is 25.9 Å². The van der Waals surface area contributed by atoms with Crippen LogP contribution in [-0.2, 0) is 20.1 Å². The van der Waals surface area contributed by atoms with E-state index in [2.05, 4.69) is 26.1 Å². The van der Waals surface area contributed by atoms with E-state index in [0.717, 1.165) is 15.7 Å². The second-order valence-electron chi connectivity index (χ2n) is 5.78. The largest absolute Gasteiger partial charge is 0.336 e. The summed E-state index contributed by atoms with van der Waals surface area (Å²) in [6, 6.07) is 7.56. The van der Waals surface area contributed by atoms with Gasteiger partial charge in [-0.1, -0.05) is 23.7 Å². The molecule has 0 spiro atoms. The van der Waals surface area contributed by atoms with Crippen LogP contribution < -0.4 is 0 Å². The van der Waals surface area contributed by atoms with E-state index >= 15 is 0 Å². The van der Waals surface area contributed by atoms with Gasteiger partial charge in [-0.15, -0.1) is 0 Å². The fourth-order valence-electron chi connectivity index (χ4n) is 2.55. The topological polar surface area (TPSA) is 56.0 Å². The average Bonchev–Trinajstić information content (AvgIpc) is 3.14. The number of hydrogen-bond acceptors (Lipinski definition) is 3. The molecule has 6 nitrogen and oxygen atoms in total. The number of carbonyl (C=O) groups is 1. The van der Waals surface area contributed by atoms with Crippen LogP contribution in [0.2, 0.25) is 5.02 Å². The highest BCUT2D eigenvalue weighted by Gasteiger charge is 2.16. The molecule has 0 fully saturated rings. The molecule has 0 atom stereocenters. The molecule has 25 heavy (non-hydrogen) atoms. The molecule has 0 radical (unpaired) electrons. The minimum absolute atomic E-state index is 0.0687. The highest BCUT2D eigenvalue weighted by Crippen LogP contribution is 2.17. The number of halogens is 2. The third-order valence-electron chi connectivity index (χ3n) is 3.86. The standard InChI is InChI=1S/C17H17BrClN5O/c1-22(11-16-15(19)8-20-23(16)2)17(25)13-5-3-4-12(6-13)9-24-10-14(18)7-21-24/h3-8,10H,9,11H2,1-2H3. The normalized spacial score (nSPS) is 10.9. The summed E-state index contributed by atoms with van der Waals surface area (Å²) in [6.07, 6.45) is 5.21.